The fraction of sp³-hybridized carbons (Fsp3) is 0.412. The summed E-state index contributed by atoms with van der Waals surface area (Å²) in [5.41, 5.74) is 6.37. The molecule has 6 rings (SSSR count). The van der Waals surface area contributed by atoms with Crippen LogP contribution in [0, 0.1) is 9.49 Å². The van der Waals surface area contributed by atoms with Gasteiger partial charge in [0.05, 0.1) is 6.54 Å². The van der Waals surface area contributed by atoms with Crippen LogP contribution < -0.4 is 5.32 Å². The number of anilines is 1. The fourth-order valence-electron chi connectivity index (χ4n) is 7.29. The Balaban J connectivity index is 1.25. The highest BCUT2D eigenvalue weighted by molar-refractivity contribution is 14.1. The first-order chi connectivity index (χ1) is 20.0. The van der Waals surface area contributed by atoms with E-state index in [-0.39, 0.29) is 11.9 Å². The maximum atomic E-state index is 13.3. The summed E-state index contributed by atoms with van der Waals surface area (Å²) >= 11 is 8.48. The molecule has 1 unspecified atom stereocenters. The van der Waals surface area contributed by atoms with E-state index in [1.165, 1.54) is 36.8 Å². The van der Waals surface area contributed by atoms with Gasteiger partial charge in [0.25, 0.3) is 0 Å². The molecule has 5 nitrogen and oxygen atoms in total. The van der Waals surface area contributed by atoms with E-state index in [0.717, 1.165) is 71.6 Å². The number of carbonyl (C=O) groups excluding carboxylic acids is 2. The maximum Gasteiger partial charge on any atom is 0.238 e. The van der Waals surface area contributed by atoms with Gasteiger partial charge in [0.15, 0.2) is 0 Å². The third kappa shape index (κ3) is 6.71. The molecule has 2 aliphatic heterocycles. The number of nitrogens with zero attached hydrogens (tertiary/aromatic N) is 2. The first-order valence-electron chi connectivity index (χ1n) is 14.9. The van der Waals surface area contributed by atoms with Crippen molar-refractivity contribution in [1.29, 1.82) is 0 Å². The molecule has 1 amide bonds. The lowest BCUT2D eigenvalue weighted by molar-refractivity contribution is -0.118. The van der Waals surface area contributed by atoms with Crippen LogP contribution in [0.5, 0.6) is 0 Å². The summed E-state index contributed by atoms with van der Waals surface area (Å²) in [7, 11) is 0. The van der Waals surface area contributed by atoms with Crippen LogP contribution in [0.25, 0.3) is 11.1 Å². The molecule has 3 aliphatic rings. The molecular formula is C34H37ClIN3O2. The molecular weight excluding hydrogens is 645 g/mol. The number of hydrogen-bond donors (Lipinski definition) is 1. The van der Waals surface area contributed by atoms with Crippen molar-refractivity contribution in [2.24, 2.45) is 5.92 Å². The second-order valence-corrected chi connectivity index (χ2v) is 13.5. The van der Waals surface area contributed by atoms with Gasteiger partial charge in [-0.25, -0.2) is 0 Å². The van der Waals surface area contributed by atoms with Gasteiger partial charge in [0, 0.05) is 38.5 Å². The zero-order valence-corrected chi connectivity index (χ0v) is 26.2. The van der Waals surface area contributed by atoms with Crippen molar-refractivity contribution in [3.63, 3.8) is 0 Å². The predicted octanol–water partition coefficient (Wildman–Crippen LogP) is 7.62. The van der Waals surface area contributed by atoms with Gasteiger partial charge in [-0.2, -0.15) is 0 Å². The zero-order chi connectivity index (χ0) is 28.3. The zero-order valence-electron chi connectivity index (χ0n) is 23.3. The largest absolute Gasteiger partial charge is 0.325 e. The smallest absolute Gasteiger partial charge is 0.238 e. The third-order valence-corrected chi connectivity index (χ3v) is 10.1. The van der Waals surface area contributed by atoms with Gasteiger partial charge in [-0.3, -0.25) is 14.5 Å². The average Bonchev–Trinajstić information content (AvgIpc) is 3.52. The molecule has 0 aromatic heterocycles. The van der Waals surface area contributed by atoms with Gasteiger partial charge in [-0.05, 0) is 120 Å². The van der Waals surface area contributed by atoms with E-state index in [9.17, 15) is 9.59 Å². The molecule has 1 N–H and O–H groups in total. The maximum absolute atomic E-state index is 13.3. The molecule has 1 atom stereocenters. The molecule has 0 spiro atoms. The number of amides is 1. The minimum atomic E-state index is 0.00204. The van der Waals surface area contributed by atoms with Gasteiger partial charge in [-0.1, -0.05) is 60.8 Å². The molecule has 1 aliphatic carbocycles. The number of hydrogen-bond acceptors (Lipinski definition) is 4. The molecule has 0 bridgehead atoms. The normalized spacial score (nSPS) is 20.6. The number of aldehydes is 1. The lowest BCUT2D eigenvalue weighted by atomic mass is 9.79. The Morgan fingerprint density at radius 3 is 2.49 bits per heavy atom. The van der Waals surface area contributed by atoms with Crippen molar-refractivity contribution in [3.05, 3.63) is 85.9 Å². The number of fused-ring (bicyclic) bond motifs is 1. The average molecular weight is 682 g/mol. The van der Waals surface area contributed by atoms with Crippen molar-refractivity contribution in [2.45, 2.75) is 57.0 Å². The van der Waals surface area contributed by atoms with Crippen LogP contribution in [-0.2, 0) is 11.2 Å². The predicted molar refractivity (Wildman–Crippen MR) is 175 cm³/mol. The van der Waals surface area contributed by atoms with Gasteiger partial charge in [0.2, 0.25) is 5.91 Å². The Hall–Kier alpha value is -2.26. The Bertz CT molecular complexity index is 1390. The van der Waals surface area contributed by atoms with Crippen molar-refractivity contribution < 1.29 is 9.59 Å². The second kappa shape index (κ2) is 12.9. The molecule has 214 valence electrons. The molecule has 1 saturated carbocycles. The summed E-state index contributed by atoms with van der Waals surface area (Å²) in [4.78, 5) is 29.8. The van der Waals surface area contributed by atoms with Gasteiger partial charge in [-0.15, -0.1) is 0 Å². The van der Waals surface area contributed by atoms with E-state index >= 15 is 0 Å². The third-order valence-electron chi connectivity index (χ3n) is 9.23. The van der Waals surface area contributed by atoms with Crippen LogP contribution in [0.15, 0.2) is 60.7 Å². The number of halogens is 2. The van der Waals surface area contributed by atoms with Gasteiger partial charge < -0.3 is 10.2 Å². The van der Waals surface area contributed by atoms with E-state index in [1.807, 2.05) is 36.4 Å². The Labute approximate surface area is 261 Å². The van der Waals surface area contributed by atoms with Crippen LogP contribution in [-0.4, -0.2) is 54.2 Å². The van der Waals surface area contributed by atoms with E-state index in [4.69, 9.17) is 11.6 Å². The van der Waals surface area contributed by atoms with Gasteiger partial charge >= 0.3 is 0 Å². The monoisotopic (exact) mass is 681 g/mol. The lowest BCUT2D eigenvalue weighted by Crippen LogP contribution is -2.47. The summed E-state index contributed by atoms with van der Waals surface area (Å²) < 4.78 is 0.999. The first kappa shape index (κ1) is 28.8. The van der Waals surface area contributed by atoms with Gasteiger partial charge in [0.1, 0.15) is 6.29 Å². The summed E-state index contributed by atoms with van der Waals surface area (Å²) in [6.07, 6.45) is 9.56. The summed E-state index contributed by atoms with van der Waals surface area (Å²) in [6.45, 7) is 3.51. The van der Waals surface area contributed by atoms with Crippen LogP contribution in [0.1, 0.15) is 66.1 Å². The molecule has 1 saturated heterocycles. The van der Waals surface area contributed by atoms with Crippen LogP contribution in [0.4, 0.5) is 5.69 Å². The van der Waals surface area contributed by atoms with Crippen molar-refractivity contribution in [3.8, 4) is 11.1 Å². The van der Waals surface area contributed by atoms with Crippen molar-refractivity contribution >= 4 is 52.1 Å². The van der Waals surface area contributed by atoms with Crippen LogP contribution in [0.3, 0.4) is 0 Å². The highest BCUT2D eigenvalue weighted by Gasteiger charge is 2.37. The highest BCUT2D eigenvalue weighted by Crippen LogP contribution is 2.42. The number of carbonyl (C=O) groups is 2. The number of benzene rings is 3. The number of likely N-dealkylation sites (tertiary alicyclic amines) is 1. The Morgan fingerprint density at radius 2 is 1.73 bits per heavy atom. The number of piperidine rings is 1. The Morgan fingerprint density at radius 1 is 0.951 bits per heavy atom. The lowest BCUT2D eigenvalue weighted by Gasteiger charge is -2.45. The minimum absolute atomic E-state index is 0.00204. The topological polar surface area (TPSA) is 52.7 Å². The molecule has 0 radical (unpaired) electrons. The molecule has 2 heterocycles. The molecule has 3 aromatic carbocycles. The number of rotatable bonds is 7. The van der Waals surface area contributed by atoms with E-state index in [2.05, 4.69) is 62.0 Å². The second-order valence-electron chi connectivity index (χ2n) is 11.8. The Kier molecular flexibility index (Phi) is 9.10. The SMILES string of the molecule is O=Cc1cccc(-c2ccc3c(c2)CCN(CC(=O)Nc2cc(Cl)cc(I)c2)C3C2CCN(C3CCCC3)CC2)c1. The van der Waals surface area contributed by atoms with Crippen molar-refractivity contribution in [2.75, 3.05) is 31.5 Å². The quantitative estimate of drug-likeness (QED) is 0.206. The minimum Gasteiger partial charge on any atom is -0.325 e. The first-order valence-corrected chi connectivity index (χ1v) is 16.3. The number of nitrogens with one attached hydrogen (secondary N) is 1. The van der Waals surface area contributed by atoms with Crippen LogP contribution in [0.2, 0.25) is 5.02 Å². The molecule has 2 fully saturated rings. The van der Waals surface area contributed by atoms with E-state index < -0.39 is 0 Å². The van der Waals surface area contributed by atoms with Crippen molar-refractivity contribution in [1.82, 2.24) is 9.80 Å². The van der Waals surface area contributed by atoms with E-state index in [1.54, 1.807) is 0 Å². The summed E-state index contributed by atoms with van der Waals surface area (Å²) in [5.74, 6) is 0.512. The molecule has 41 heavy (non-hydrogen) atoms. The standard InChI is InChI=1S/C34H37ClIN3O2/c35-28-18-29(36)20-30(19-28)37-33(41)21-39-15-12-27-17-26(25-5-3-4-23(16-25)22-40)8-9-32(27)34(39)24-10-13-38(14-11-24)31-6-1-2-7-31/h3-5,8-9,16-20,22,24,31,34H,1-2,6-7,10-15,21H2,(H,37,41). The van der Waals surface area contributed by atoms with E-state index in [0.29, 0.717) is 23.0 Å². The van der Waals surface area contributed by atoms with Crippen LogP contribution >= 0.6 is 34.2 Å². The fourth-order valence-corrected chi connectivity index (χ4v) is 8.38. The highest BCUT2D eigenvalue weighted by atomic mass is 127. The summed E-state index contributed by atoms with van der Waals surface area (Å²) in [5, 5.41) is 3.72. The molecule has 3 aromatic rings. The summed E-state index contributed by atoms with van der Waals surface area (Å²) in [6, 6.07) is 21.2. The molecule has 7 heteroatoms.